The number of alkyl halides is 3. The number of primary amides is 1. The number of carbonyl (C=O) groups excluding carboxylic acids is 9. The number of aliphatic carboxylic acids is 1. The number of halogens is 3. The van der Waals surface area contributed by atoms with E-state index in [-0.39, 0.29) is 134 Å². The minimum absolute atomic E-state index is 0.0337. The molecule has 11 amide bonds. The van der Waals surface area contributed by atoms with E-state index in [9.17, 15) is 56.3 Å². The van der Waals surface area contributed by atoms with Crippen LogP contribution in [0.25, 0.3) is 0 Å². The van der Waals surface area contributed by atoms with E-state index >= 15 is 0 Å². The van der Waals surface area contributed by atoms with Gasteiger partial charge in [0.05, 0.1) is 5.92 Å². The van der Waals surface area contributed by atoms with Crippen molar-refractivity contribution in [3.05, 3.63) is 107 Å². The molecule has 0 aliphatic rings. The summed E-state index contributed by atoms with van der Waals surface area (Å²) in [4.78, 5) is 124. The van der Waals surface area contributed by atoms with Crippen molar-refractivity contribution < 1.29 is 66.2 Å². The summed E-state index contributed by atoms with van der Waals surface area (Å²) >= 11 is 0. The number of rotatable bonds is 30. The van der Waals surface area contributed by atoms with E-state index in [0.717, 1.165) is 22.3 Å². The topological polar surface area (TPSA) is 402 Å². The third kappa shape index (κ3) is 29.6. The van der Waals surface area contributed by atoms with E-state index in [2.05, 4.69) is 58.2 Å². The minimum atomic E-state index is -5.08. The number of guanidine groups is 1. The summed E-state index contributed by atoms with van der Waals surface area (Å²) in [6.45, 7) is 1.56. The first kappa shape index (κ1) is 64.3. The summed E-state index contributed by atoms with van der Waals surface area (Å²) in [6, 6.07) is 23.4. The van der Waals surface area contributed by atoms with Crippen molar-refractivity contribution in [2.45, 2.75) is 76.2 Å². The lowest BCUT2D eigenvalue weighted by Gasteiger charge is -2.23. The summed E-state index contributed by atoms with van der Waals surface area (Å²) in [6.07, 6.45) is -4.73. The summed E-state index contributed by atoms with van der Waals surface area (Å²) < 4.78 is 31.7. The molecule has 0 radical (unpaired) electrons. The summed E-state index contributed by atoms with van der Waals surface area (Å²) in [5.74, 6) is -6.21. The van der Waals surface area contributed by atoms with E-state index < -0.39 is 53.9 Å². The second-order valence-corrected chi connectivity index (χ2v) is 16.4. The summed E-state index contributed by atoms with van der Waals surface area (Å²) in [5, 5.41) is 33.4. The number of carboxylic acids is 1. The zero-order chi connectivity index (χ0) is 57.0. The molecule has 1 atom stereocenters. The van der Waals surface area contributed by atoms with Crippen LogP contribution < -0.4 is 70.4 Å². The second-order valence-electron chi connectivity index (χ2n) is 16.4. The Kier molecular flexibility index (Phi) is 30.2. The monoisotopic (exact) mass is 1080 g/mol. The van der Waals surface area contributed by atoms with E-state index in [1.807, 2.05) is 60.7 Å². The average Bonchev–Trinajstić information content (AvgIpc) is 3.39. The fraction of sp³-hybridized carbons (Fsp3) is 0.408. The molecule has 77 heavy (non-hydrogen) atoms. The molecule has 420 valence electrons. The largest absolute Gasteiger partial charge is 0.490 e. The van der Waals surface area contributed by atoms with Crippen LogP contribution in [0.15, 0.2) is 89.9 Å². The highest BCUT2D eigenvalue weighted by molar-refractivity contribution is 5.95. The molecule has 25 nitrogen and oxygen atoms in total. The van der Waals surface area contributed by atoms with Gasteiger partial charge in [0, 0.05) is 97.6 Å². The van der Waals surface area contributed by atoms with Gasteiger partial charge in [-0.05, 0) is 35.1 Å². The number of nitrogens with zero attached hydrogens (tertiary/aromatic N) is 1. The number of nitrogens with one attached hydrogen (secondary N) is 10. The molecule has 17 N–H and O–H groups in total. The SMILES string of the molecule is NCCC(=O)NCCNC(=O)CCC(=O)NCCNC(=O)CCC(=O)NCCNC(=O)NC(N)=NCCC[C@@H](NC(=O)C(c1ccccc1)c1ccccc1)C(=O)NCc1ccc(CNC(N)=O)cc1.O=C(O)C(F)(F)F. The Morgan fingerprint density at radius 1 is 0.532 bits per heavy atom. The highest BCUT2D eigenvalue weighted by atomic mass is 19.4. The van der Waals surface area contributed by atoms with Gasteiger partial charge in [-0.2, -0.15) is 13.2 Å². The second kappa shape index (κ2) is 36.2. The molecule has 0 saturated carbocycles. The number of amides is 11. The highest BCUT2D eigenvalue weighted by Crippen LogP contribution is 2.25. The Bertz CT molecular complexity index is 2380. The van der Waals surface area contributed by atoms with Crippen LogP contribution >= 0.6 is 0 Å². The Labute approximate surface area is 441 Å². The van der Waals surface area contributed by atoms with Crippen molar-refractivity contribution in [1.29, 1.82) is 0 Å². The van der Waals surface area contributed by atoms with Crippen LogP contribution in [0.2, 0.25) is 0 Å². The first-order valence-corrected chi connectivity index (χ1v) is 24.2. The molecular weight excluding hydrogens is 1020 g/mol. The van der Waals surface area contributed by atoms with E-state index in [1.165, 1.54) is 0 Å². The molecule has 3 aromatic rings. The van der Waals surface area contributed by atoms with Gasteiger partial charge in [-0.3, -0.25) is 43.9 Å². The first-order chi connectivity index (χ1) is 36.7. The van der Waals surface area contributed by atoms with Crippen LogP contribution in [-0.2, 0) is 51.4 Å². The maximum absolute atomic E-state index is 14.0. The number of carboxylic acid groups (broad SMARTS) is 1. The Hall–Kier alpha value is -8.82. The maximum Gasteiger partial charge on any atom is 0.490 e. The van der Waals surface area contributed by atoms with Gasteiger partial charge < -0.3 is 70.2 Å². The first-order valence-electron chi connectivity index (χ1n) is 24.2. The molecule has 0 spiro atoms. The van der Waals surface area contributed by atoms with Crippen LogP contribution in [0.1, 0.15) is 73.1 Å². The van der Waals surface area contributed by atoms with Gasteiger partial charge in [0.2, 0.25) is 41.4 Å². The lowest BCUT2D eigenvalue weighted by Crippen LogP contribution is -2.48. The fourth-order valence-corrected chi connectivity index (χ4v) is 6.49. The number of nitrogens with two attached hydrogens (primary N) is 3. The minimum Gasteiger partial charge on any atom is -0.475 e. The highest BCUT2D eigenvalue weighted by Gasteiger charge is 2.38. The van der Waals surface area contributed by atoms with Crippen LogP contribution in [0, 0.1) is 0 Å². The van der Waals surface area contributed by atoms with Gasteiger partial charge in [0.15, 0.2) is 5.96 Å². The molecule has 0 heterocycles. The lowest BCUT2D eigenvalue weighted by atomic mass is 9.90. The van der Waals surface area contributed by atoms with Crippen LogP contribution in [-0.4, -0.2) is 135 Å². The van der Waals surface area contributed by atoms with Crippen LogP contribution in [0.5, 0.6) is 0 Å². The quantitative estimate of drug-likeness (QED) is 0.0224. The number of hydrogen-bond donors (Lipinski definition) is 14. The third-order valence-corrected chi connectivity index (χ3v) is 10.3. The molecule has 0 aliphatic carbocycles. The molecule has 0 aliphatic heterocycles. The van der Waals surface area contributed by atoms with Crippen LogP contribution in [0.4, 0.5) is 22.8 Å². The molecule has 0 fully saturated rings. The number of hydrogen-bond acceptors (Lipinski definition) is 12. The Morgan fingerprint density at radius 2 is 0.922 bits per heavy atom. The predicted octanol–water partition coefficient (Wildman–Crippen LogP) is -0.694. The smallest absolute Gasteiger partial charge is 0.475 e. The van der Waals surface area contributed by atoms with Gasteiger partial charge in [-0.1, -0.05) is 84.9 Å². The standard InChI is InChI=1S/C47H66N14O9.C2HF3O2/c48-22-21-41(66)55-27-26-53-39(64)18-17-37(62)51-24-25-52-38(63)19-20-40(65)54-28-29-57-47(70)61-45(49)56-23-7-12-36(43(67)58-30-32-13-15-33(16-14-32)31-59-46(50)69)60-44(68)42(34-8-3-1-4-9-34)35-10-5-2-6-11-35;3-2(4,5)1(6)7/h1-6,8-11,13-16,36,42H,7,12,17-31,48H2,(H,51,62)(H,52,63)(H,53,64)(H,54,65)(H,55,66)(H,58,67)(H,60,68)(H3,50,59,69)(H4,49,56,57,61,70);(H,6,7)/t36-;/m1./s1. The van der Waals surface area contributed by atoms with E-state index in [1.54, 1.807) is 24.3 Å². The molecule has 3 rings (SSSR count). The van der Waals surface area contributed by atoms with Gasteiger partial charge >= 0.3 is 24.2 Å². The zero-order valence-electron chi connectivity index (χ0n) is 42.1. The molecule has 0 aromatic heterocycles. The Morgan fingerprint density at radius 3 is 1.31 bits per heavy atom. The molecule has 0 bridgehead atoms. The number of aliphatic imine (C=N–C) groups is 1. The Balaban J connectivity index is 0.00000270. The van der Waals surface area contributed by atoms with Gasteiger partial charge in [0.1, 0.15) is 6.04 Å². The summed E-state index contributed by atoms with van der Waals surface area (Å²) in [7, 11) is 0. The average molecular weight is 1090 g/mol. The number of benzene rings is 3. The van der Waals surface area contributed by atoms with Crippen molar-refractivity contribution in [3.63, 3.8) is 0 Å². The van der Waals surface area contributed by atoms with Gasteiger partial charge in [0.25, 0.3) is 0 Å². The zero-order valence-corrected chi connectivity index (χ0v) is 42.1. The summed E-state index contributed by atoms with van der Waals surface area (Å²) in [5.41, 5.74) is 19.5. The van der Waals surface area contributed by atoms with Crippen molar-refractivity contribution in [2.75, 3.05) is 52.4 Å². The van der Waals surface area contributed by atoms with Gasteiger partial charge in [-0.25, -0.2) is 14.4 Å². The van der Waals surface area contributed by atoms with Crippen LogP contribution in [0.3, 0.4) is 0 Å². The van der Waals surface area contributed by atoms with Crippen molar-refractivity contribution in [3.8, 4) is 0 Å². The molecule has 28 heteroatoms. The molecule has 0 unspecified atom stereocenters. The fourth-order valence-electron chi connectivity index (χ4n) is 6.49. The normalized spacial score (nSPS) is 11.3. The predicted molar refractivity (Wildman–Crippen MR) is 275 cm³/mol. The van der Waals surface area contributed by atoms with E-state index in [0.29, 0.717) is 6.42 Å². The van der Waals surface area contributed by atoms with Crippen molar-refractivity contribution in [2.24, 2.45) is 22.2 Å². The van der Waals surface area contributed by atoms with E-state index in [4.69, 9.17) is 27.1 Å². The molecule has 3 aromatic carbocycles. The third-order valence-electron chi connectivity index (χ3n) is 10.3. The lowest BCUT2D eigenvalue weighted by molar-refractivity contribution is -0.192. The number of carbonyl (C=O) groups is 10. The maximum atomic E-state index is 14.0. The van der Waals surface area contributed by atoms with Gasteiger partial charge in [-0.15, -0.1) is 0 Å². The molecule has 0 saturated heterocycles. The number of urea groups is 2. The molecular formula is C49H67F3N14O11. The van der Waals surface area contributed by atoms with Crippen molar-refractivity contribution >= 4 is 65.3 Å². The van der Waals surface area contributed by atoms with Crippen molar-refractivity contribution in [1.82, 2.24) is 53.2 Å².